The lowest BCUT2D eigenvalue weighted by atomic mass is 9.95. The van der Waals surface area contributed by atoms with Gasteiger partial charge in [-0.05, 0) is 36.8 Å². The first-order valence-corrected chi connectivity index (χ1v) is 12.3. The van der Waals surface area contributed by atoms with Gasteiger partial charge in [0.15, 0.2) is 0 Å². The third-order valence-corrected chi connectivity index (χ3v) is 7.37. The number of alkyl carbamates (subject to hydrolysis) is 1. The highest BCUT2D eigenvalue weighted by Crippen LogP contribution is 2.41. The van der Waals surface area contributed by atoms with E-state index in [0.29, 0.717) is 42.9 Å². The van der Waals surface area contributed by atoms with Crippen LogP contribution >= 0.6 is 11.3 Å². The number of ether oxygens (including phenoxy) is 1. The van der Waals surface area contributed by atoms with E-state index in [2.05, 4.69) is 15.7 Å². The second-order valence-corrected chi connectivity index (χ2v) is 9.95. The Morgan fingerprint density at radius 2 is 2.09 bits per heavy atom. The Morgan fingerprint density at radius 1 is 1.32 bits per heavy atom. The molecule has 2 atom stereocenters. The van der Waals surface area contributed by atoms with Gasteiger partial charge in [-0.3, -0.25) is 9.48 Å². The summed E-state index contributed by atoms with van der Waals surface area (Å²) in [6.45, 7) is 4.32. The summed E-state index contributed by atoms with van der Waals surface area (Å²) < 4.78 is 7.37. The van der Waals surface area contributed by atoms with Crippen molar-refractivity contribution in [1.82, 2.24) is 15.1 Å². The molecule has 2 unspecified atom stereocenters. The first-order chi connectivity index (χ1) is 16.3. The van der Waals surface area contributed by atoms with Crippen LogP contribution in [0.15, 0.2) is 36.5 Å². The molecular weight excluding hydrogens is 450 g/mol. The quantitative estimate of drug-likeness (QED) is 0.466. The van der Waals surface area contributed by atoms with E-state index in [1.165, 1.54) is 11.3 Å². The molecule has 8 nitrogen and oxygen atoms in total. The molecule has 0 aliphatic heterocycles. The summed E-state index contributed by atoms with van der Waals surface area (Å²) in [6.07, 6.45) is 3.62. The topological polar surface area (TPSA) is 111 Å². The van der Waals surface area contributed by atoms with Gasteiger partial charge in [0.1, 0.15) is 11.1 Å². The van der Waals surface area contributed by atoms with Crippen molar-refractivity contribution < 1.29 is 14.3 Å². The minimum Gasteiger partial charge on any atom is -0.446 e. The molecule has 4 rings (SSSR count). The largest absolute Gasteiger partial charge is 0.446 e. The second kappa shape index (κ2) is 10.3. The number of fused-ring (bicyclic) bond motifs is 1. The molecule has 9 heteroatoms. The predicted molar refractivity (Wildman–Crippen MR) is 134 cm³/mol. The van der Waals surface area contributed by atoms with Crippen LogP contribution < -0.4 is 16.4 Å². The summed E-state index contributed by atoms with van der Waals surface area (Å²) in [4.78, 5) is 26.0. The van der Waals surface area contributed by atoms with Crippen molar-refractivity contribution in [2.45, 2.75) is 58.1 Å². The van der Waals surface area contributed by atoms with Gasteiger partial charge in [-0.2, -0.15) is 5.10 Å². The van der Waals surface area contributed by atoms with Gasteiger partial charge in [0, 0.05) is 43.1 Å². The van der Waals surface area contributed by atoms with Gasteiger partial charge in [-0.25, -0.2) is 4.79 Å². The third kappa shape index (κ3) is 5.59. The first-order valence-electron chi connectivity index (χ1n) is 11.5. The number of hydrogen-bond acceptors (Lipinski definition) is 6. The van der Waals surface area contributed by atoms with Gasteiger partial charge in [-0.15, -0.1) is 11.3 Å². The summed E-state index contributed by atoms with van der Waals surface area (Å²) in [5.41, 5.74) is 11.0. The van der Waals surface area contributed by atoms with Crippen LogP contribution in [0.2, 0.25) is 0 Å². The zero-order chi connectivity index (χ0) is 24.2. The van der Waals surface area contributed by atoms with Crippen molar-refractivity contribution >= 4 is 34.0 Å². The molecule has 0 fully saturated rings. The number of hydrogen-bond donors (Lipinski definition) is 3. The summed E-state index contributed by atoms with van der Waals surface area (Å²) in [6, 6.07) is 9.99. The lowest BCUT2D eigenvalue weighted by Crippen LogP contribution is -2.31. The molecule has 0 radical (unpaired) electrons. The van der Waals surface area contributed by atoms with Gasteiger partial charge < -0.3 is 21.1 Å². The second-order valence-electron chi connectivity index (χ2n) is 8.85. The van der Waals surface area contributed by atoms with Gasteiger partial charge in [-0.1, -0.05) is 37.3 Å². The molecule has 3 aromatic rings. The molecule has 0 bridgehead atoms. The Kier molecular flexibility index (Phi) is 7.21. The fourth-order valence-electron chi connectivity index (χ4n) is 4.31. The van der Waals surface area contributed by atoms with E-state index in [1.54, 1.807) is 4.68 Å². The fourth-order valence-corrected chi connectivity index (χ4v) is 5.56. The Hall–Kier alpha value is -3.33. The van der Waals surface area contributed by atoms with Crippen LogP contribution in [-0.4, -0.2) is 27.9 Å². The molecule has 34 heavy (non-hydrogen) atoms. The van der Waals surface area contributed by atoms with Crippen molar-refractivity contribution in [3.05, 3.63) is 63.8 Å². The number of aromatic nitrogens is 2. The summed E-state index contributed by atoms with van der Waals surface area (Å²) >= 11 is 1.48. The van der Waals surface area contributed by atoms with E-state index < -0.39 is 6.09 Å². The van der Waals surface area contributed by atoms with Crippen LogP contribution in [0, 0.1) is 6.92 Å². The van der Waals surface area contributed by atoms with Crippen molar-refractivity contribution in [2.24, 2.45) is 7.05 Å². The molecule has 1 aliphatic rings. The smallest absolute Gasteiger partial charge is 0.407 e. The van der Waals surface area contributed by atoms with Crippen LogP contribution in [0.4, 0.5) is 15.5 Å². The number of aryl methyl sites for hydroxylation is 2. The van der Waals surface area contributed by atoms with E-state index in [4.69, 9.17) is 10.5 Å². The maximum Gasteiger partial charge on any atom is 0.407 e. The molecule has 1 aromatic carbocycles. The van der Waals surface area contributed by atoms with Crippen molar-refractivity contribution in [1.29, 1.82) is 0 Å². The molecule has 2 heterocycles. The van der Waals surface area contributed by atoms with Gasteiger partial charge in [0.05, 0.1) is 11.4 Å². The van der Waals surface area contributed by atoms with Crippen LogP contribution in [0.5, 0.6) is 0 Å². The highest BCUT2D eigenvalue weighted by molar-refractivity contribution is 7.17. The highest BCUT2D eigenvalue weighted by Gasteiger charge is 2.27. The molecule has 4 N–H and O–H groups in total. The fraction of sp³-hybridized carbons (Fsp3) is 0.400. The number of anilines is 2. The molecular formula is C25H31N5O3S. The number of amides is 2. The number of nitrogen functional groups attached to an aromatic ring is 1. The number of carbonyl (C=O) groups is 2. The van der Waals surface area contributed by atoms with Crippen LogP contribution in [0.1, 0.15) is 52.9 Å². The number of thiophene rings is 1. The van der Waals surface area contributed by atoms with E-state index in [-0.39, 0.29) is 17.9 Å². The lowest BCUT2D eigenvalue weighted by molar-refractivity contribution is -0.116. The van der Waals surface area contributed by atoms with Crippen LogP contribution in [0.25, 0.3) is 0 Å². The average Bonchev–Trinajstić information content (AvgIpc) is 3.29. The Morgan fingerprint density at radius 3 is 2.79 bits per heavy atom. The Balaban J connectivity index is 1.31. The highest BCUT2D eigenvalue weighted by atomic mass is 32.1. The van der Waals surface area contributed by atoms with E-state index in [0.717, 1.165) is 27.3 Å². The van der Waals surface area contributed by atoms with Crippen molar-refractivity contribution in [3.8, 4) is 0 Å². The summed E-state index contributed by atoms with van der Waals surface area (Å²) in [5, 5.41) is 10.8. The molecule has 1 aliphatic carbocycles. The van der Waals surface area contributed by atoms with E-state index in [9.17, 15) is 9.59 Å². The van der Waals surface area contributed by atoms with E-state index >= 15 is 0 Å². The van der Waals surface area contributed by atoms with Gasteiger partial charge in [0.2, 0.25) is 5.91 Å². The number of nitrogens with one attached hydrogen (secondary N) is 2. The first kappa shape index (κ1) is 23.8. The number of carbonyl (C=O) groups excluding carboxylic acids is 2. The minimum absolute atomic E-state index is 0.0560. The average molecular weight is 482 g/mol. The zero-order valence-corrected chi connectivity index (χ0v) is 20.6. The molecule has 2 aromatic heterocycles. The van der Waals surface area contributed by atoms with Gasteiger partial charge in [0.25, 0.3) is 0 Å². The van der Waals surface area contributed by atoms with E-state index in [1.807, 2.05) is 57.4 Å². The molecule has 0 saturated heterocycles. The molecule has 0 saturated carbocycles. The minimum atomic E-state index is -0.440. The molecule has 180 valence electrons. The number of rotatable bonds is 7. The lowest BCUT2D eigenvalue weighted by Gasteiger charge is -2.22. The standard InChI is InChI=1S/C25H31N5O3S/c1-15(17-7-5-4-6-8-17)11-22(31)28-24-23(26)20-10-9-19(12-21(20)34-24)33-25(32)27-13-18-14-30(3)29-16(18)2/h4-8,14-15,19H,9-13,26H2,1-3H3,(H,27,32)(H,28,31). The maximum atomic E-state index is 12.6. The number of nitrogens with two attached hydrogens (primary N) is 1. The molecule has 0 spiro atoms. The van der Waals surface area contributed by atoms with Crippen molar-refractivity contribution in [3.63, 3.8) is 0 Å². The van der Waals surface area contributed by atoms with Gasteiger partial charge >= 0.3 is 6.09 Å². The maximum absolute atomic E-state index is 12.6. The third-order valence-electron chi connectivity index (χ3n) is 6.19. The summed E-state index contributed by atoms with van der Waals surface area (Å²) in [5.74, 6) is 0.0586. The van der Waals surface area contributed by atoms with Crippen molar-refractivity contribution in [2.75, 3.05) is 11.1 Å². The zero-order valence-electron chi connectivity index (χ0n) is 19.8. The number of benzene rings is 1. The molecule has 2 amide bonds. The van der Waals surface area contributed by atoms with Crippen LogP contribution in [-0.2, 0) is 36.0 Å². The Labute approximate surface area is 203 Å². The van der Waals surface area contributed by atoms with Crippen LogP contribution in [0.3, 0.4) is 0 Å². The number of nitrogens with zero attached hydrogens (tertiary/aromatic N) is 2. The predicted octanol–water partition coefficient (Wildman–Crippen LogP) is 4.29. The Bertz CT molecular complexity index is 1170. The normalized spacial score (nSPS) is 15.9. The summed E-state index contributed by atoms with van der Waals surface area (Å²) in [7, 11) is 1.85. The SMILES string of the molecule is Cc1nn(C)cc1CNC(=O)OC1CCc2c(sc(NC(=O)CC(C)c3ccccc3)c2N)C1. The monoisotopic (exact) mass is 481 g/mol.